The lowest BCUT2D eigenvalue weighted by atomic mass is 9.91. The number of carbonyl (C=O) groups excluding carboxylic acids is 1. The van der Waals surface area contributed by atoms with Crippen LogP contribution in [0.4, 0.5) is 4.79 Å². The Morgan fingerprint density at radius 2 is 2.19 bits per heavy atom. The van der Waals surface area contributed by atoms with Gasteiger partial charge in [0.05, 0.1) is 12.0 Å². The number of carbonyl (C=O) groups is 1. The predicted molar refractivity (Wildman–Crippen MR) is 76.7 cm³/mol. The van der Waals surface area contributed by atoms with Gasteiger partial charge in [-0.05, 0) is 32.4 Å². The second kappa shape index (κ2) is 5.60. The number of nitrogens with zero attached hydrogens (tertiary/aromatic N) is 2. The summed E-state index contributed by atoms with van der Waals surface area (Å²) >= 11 is 0. The Bertz CT molecular complexity index is 624. The smallest absolute Gasteiger partial charge is 0.410 e. The zero-order valence-electron chi connectivity index (χ0n) is 12.4. The van der Waals surface area contributed by atoms with Gasteiger partial charge in [0, 0.05) is 31.3 Å². The van der Waals surface area contributed by atoms with Gasteiger partial charge < -0.3 is 14.6 Å². The molecule has 1 aromatic rings. The van der Waals surface area contributed by atoms with Gasteiger partial charge in [-0.2, -0.15) is 5.26 Å². The van der Waals surface area contributed by atoms with E-state index in [1.54, 1.807) is 33.0 Å². The molecule has 0 bridgehead atoms. The molecule has 0 unspecified atom stereocenters. The number of hydrogen-bond donors (Lipinski definition) is 1. The Labute approximate surface area is 123 Å². The van der Waals surface area contributed by atoms with Crippen LogP contribution in [0.3, 0.4) is 0 Å². The molecular weight excluding hydrogens is 270 g/mol. The van der Waals surface area contributed by atoms with Crippen LogP contribution in [0.1, 0.15) is 32.3 Å². The van der Waals surface area contributed by atoms with Gasteiger partial charge in [-0.1, -0.05) is 0 Å². The first-order valence-corrected chi connectivity index (χ1v) is 6.86. The molecule has 1 fully saturated rings. The number of nitrogens with one attached hydrogen (secondary N) is 1. The summed E-state index contributed by atoms with van der Waals surface area (Å²) < 4.78 is 5.33. The molecule has 0 spiro atoms. The zero-order chi connectivity index (χ0) is 15.6. The SMILES string of the molecule is CC(C)(C)OC(=O)N1C[C@@H](C#N)[C@H](c2cc[nH]c(=O)c2)C1. The van der Waals surface area contributed by atoms with Crippen LogP contribution >= 0.6 is 0 Å². The summed E-state index contributed by atoms with van der Waals surface area (Å²) in [5.41, 5.74) is -0.00226. The summed E-state index contributed by atoms with van der Waals surface area (Å²) in [5, 5.41) is 9.28. The van der Waals surface area contributed by atoms with Gasteiger partial charge in [-0.3, -0.25) is 4.79 Å². The average molecular weight is 289 g/mol. The van der Waals surface area contributed by atoms with E-state index in [0.717, 1.165) is 5.56 Å². The van der Waals surface area contributed by atoms with E-state index in [1.165, 1.54) is 11.0 Å². The first-order valence-electron chi connectivity index (χ1n) is 6.86. The Kier molecular flexibility index (Phi) is 4.03. The second-order valence-corrected chi connectivity index (χ2v) is 6.21. The third kappa shape index (κ3) is 3.63. The number of H-pyrrole nitrogens is 1. The highest BCUT2D eigenvalue weighted by atomic mass is 16.6. The number of amides is 1. The van der Waals surface area contributed by atoms with Gasteiger partial charge in [-0.25, -0.2) is 4.79 Å². The maximum atomic E-state index is 12.1. The molecule has 0 radical (unpaired) electrons. The molecule has 2 atom stereocenters. The van der Waals surface area contributed by atoms with E-state index in [9.17, 15) is 14.9 Å². The van der Waals surface area contributed by atoms with Crippen molar-refractivity contribution >= 4 is 6.09 Å². The van der Waals surface area contributed by atoms with Crippen LogP contribution in [0.5, 0.6) is 0 Å². The van der Waals surface area contributed by atoms with Crippen molar-refractivity contribution in [1.82, 2.24) is 9.88 Å². The number of rotatable bonds is 1. The van der Waals surface area contributed by atoms with Crippen molar-refractivity contribution in [2.24, 2.45) is 5.92 Å². The van der Waals surface area contributed by atoms with Crippen molar-refractivity contribution in [3.05, 3.63) is 34.2 Å². The molecule has 0 aliphatic carbocycles. The Balaban J connectivity index is 2.17. The molecule has 1 saturated heterocycles. The minimum atomic E-state index is -0.568. The molecule has 1 aliphatic rings. The second-order valence-electron chi connectivity index (χ2n) is 6.21. The fourth-order valence-corrected chi connectivity index (χ4v) is 2.44. The van der Waals surface area contributed by atoms with Crippen molar-refractivity contribution in [1.29, 1.82) is 5.26 Å². The number of ether oxygens (including phenoxy) is 1. The highest BCUT2D eigenvalue weighted by molar-refractivity contribution is 5.69. The largest absolute Gasteiger partial charge is 0.444 e. The standard InChI is InChI=1S/C15H19N3O3/c1-15(2,3)21-14(20)18-8-11(7-16)12(9-18)10-4-5-17-13(19)6-10/h4-6,11-12H,8-9H2,1-3H3,(H,17,19)/t11-,12+/m1/s1. The van der Waals surface area contributed by atoms with Crippen LogP contribution in [0.2, 0.25) is 0 Å². The highest BCUT2D eigenvalue weighted by Crippen LogP contribution is 2.32. The van der Waals surface area contributed by atoms with E-state index in [-0.39, 0.29) is 17.4 Å². The van der Waals surface area contributed by atoms with Gasteiger partial charge in [0.25, 0.3) is 0 Å². The lowest BCUT2D eigenvalue weighted by molar-refractivity contribution is 0.0289. The maximum Gasteiger partial charge on any atom is 0.410 e. The molecule has 0 saturated carbocycles. The molecule has 1 amide bonds. The van der Waals surface area contributed by atoms with E-state index in [1.807, 2.05) is 0 Å². The van der Waals surface area contributed by atoms with Crippen molar-refractivity contribution in [2.75, 3.05) is 13.1 Å². The van der Waals surface area contributed by atoms with Gasteiger partial charge in [0.2, 0.25) is 5.56 Å². The Hall–Kier alpha value is -2.29. The first-order chi connectivity index (χ1) is 9.80. The van der Waals surface area contributed by atoms with Crippen molar-refractivity contribution in [2.45, 2.75) is 32.3 Å². The summed E-state index contributed by atoms with van der Waals surface area (Å²) in [5.74, 6) is -0.496. The monoisotopic (exact) mass is 289 g/mol. The number of nitriles is 1. The summed E-state index contributed by atoms with van der Waals surface area (Å²) in [6, 6.07) is 5.47. The molecule has 6 nitrogen and oxygen atoms in total. The summed E-state index contributed by atoms with van der Waals surface area (Å²) in [6.07, 6.45) is 1.14. The molecule has 2 rings (SSSR count). The Morgan fingerprint density at radius 1 is 1.48 bits per heavy atom. The minimum absolute atomic E-state index is 0.162. The lowest BCUT2D eigenvalue weighted by Crippen LogP contribution is -2.35. The van der Waals surface area contributed by atoms with Crippen LogP contribution in [0.15, 0.2) is 23.1 Å². The molecular formula is C15H19N3O3. The molecule has 1 aliphatic heterocycles. The van der Waals surface area contributed by atoms with E-state index >= 15 is 0 Å². The molecule has 0 aromatic carbocycles. The quantitative estimate of drug-likeness (QED) is 0.854. The van der Waals surface area contributed by atoms with E-state index in [0.29, 0.717) is 13.1 Å². The van der Waals surface area contributed by atoms with Crippen LogP contribution in [0, 0.1) is 17.2 Å². The van der Waals surface area contributed by atoms with E-state index < -0.39 is 11.7 Å². The highest BCUT2D eigenvalue weighted by Gasteiger charge is 2.38. The molecule has 1 aromatic heterocycles. The summed E-state index contributed by atoms with van der Waals surface area (Å²) in [7, 11) is 0. The molecule has 112 valence electrons. The summed E-state index contributed by atoms with van der Waals surface area (Å²) in [6.45, 7) is 6.12. The number of hydrogen-bond acceptors (Lipinski definition) is 4. The molecule has 21 heavy (non-hydrogen) atoms. The fraction of sp³-hybridized carbons (Fsp3) is 0.533. The minimum Gasteiger partial charge on any atom is -0.444 e. The van der Waals surface area contributed by atoms with Crippen LogP contribution < -0.4 is 5.56 Å². The fourth-order valence-electron chi connectivity index (χ4n) is 2.44. The number of pyridine rings is 1. The number of aromatic amines is 1. The topological polar surface area (TPSA) is 86.2 Å². The lowest BCUT2D eigenvalue weighted by Gasteiger charge is -2.24. The number of likely N-dealkylation sites (tertiary alicyclic amines) is 1. The zero-order valence-corrected chi connectivity index (χ0v) is 12.4. The predicted octanol–water partition coefficient (Wildman–Crippen LogP) is 1.85. The summed E-state index contributed by atoms with van der Waals surface area (Å²) in [4.78, 5) is 27.6. The van der Waals surface area contributed by atoms with Gasteiger partial charge in [-0.15, -0.1) is 0 Å². The van der Waals surface area contributed by atoms with E-state index in [2.05, 4.69) is 11.1 Å². The Morgan fingerprint density at radius 3 is 2.76 bits per heavy atom. The third-order valence-corrected chi connectivity index (χ3v) is 3.36. The van der Waals surface area contributed by atoms with E-state index in [4.69, 9.17) is 4.74 Å². The van der Waals surface area contributed by atoms with Gasteiger partial charge in [0.15, 0.2) is 0 Å². The van der Waals surface area contributed by atoms with Gasteiger partial charge >= 0.3 is 6.09 Å². The molecule has 6 heteroatoms. The third-order valence-electron chi connectivity index (χ3n) is 3.36. The average Bonchev–Trinajstić information content (AvgIpc) is 2.81. The van der Waals surface area contributed by atoms with Crippen LogP contribution in [0.25, 0.3) is 0 Å². The number of aromatic nitrogens is 1. The van der Waals surface area contributed by atoms with Crippen molar-refractivity contribution in [3.63, 3.8) is 0 Å². The maximum absolute atomic E-state index is 12.1. The normalized spacial score (nSPS) is 21.9. The molecule has 1 N–H and O–H groups in total. The van der Waals surface area contributed by atoms with Gasteiger partial charge in [0.1, 0.15) is 5.60 Å². The van der Waals surface area contributed by atoms with Crippen LogP contribution in [-0.4, -0.2) is 34.7 Å². The molecule has 2 heterocycles. The van der Waals surface area contributed by atoms with Crippen molar-refractivity contribution < 1.29 is 9.53 Å². The first kappa shape index (κ1) is 15.1. The van der Waals surface area contributed by atoms with Crippen molar-refractivity contribution in [3.8, 4) is 6.07 Å². The van der Waals surface area contributed by atoms with Crippen LogP contribution in [-0.2, 0) is 4.74 Å².